The first-order valence-corrected chi connectivity index (χ1v) is 9.43. The monoisotopic (exact) mass is 366 g/mol. The Morgan fingerprint density at radius 1 is 1.12 bits per heavy atom. The molecule has 0 aliphatic heterocycles. The zero-order chi connectivity index (χ0) is 18.4. The summed E-state index contributed by atoms with van der Waals surface area (Å²) in [6.45, 7) is 4.25. The number of benzene rings is 2. The van der Waals surface area contributed by atoms with E-state index in [1.807, 2.05) is 42.5 Å². The second-order valence-electron chi connectivity index (χ2n) is 6.35. The van der Waals surface area contributed by atoms with Crippen molar-refractivity contribution in [2.75, 3.05) is 11.9 Å². The third kappa shape index (κ3) is 5.17. The quantitative estimate of drug-likeness (QED) is 0.649. The topological polar surface area (TPSA) is 51.2 Å². The first-order chi connectivity index (χ1) is 12.6. The third-order valence-corrected chi connectivity index (χ3v) is 4.85. The van der Waals surface area contributed by atoms with E-state index in [4.69, 9.17) is 4.74 Å². The number of thiazole rings is 1. The van der Waals surface area contributed by atoms with Crippen molar-refractivity contribution < 1.29 is 9.53 Å². The first kappa shape index (κ1) is 18.1. The predicted octanol–water partition coefficient (Wildman–Crippen LogP) is 4.87. The predicted molar refractivity (Wildman–Crippen MR) is 106 cm³/mol. The maximum atomic E-state index is 12.1. The van der Waals surface area contributed by atoms with Gasteiger partial charge in [0.25, 0.3) is 5.91 Å². The van der Waals surface area contributed by atoms with Gasteiger partial charge in [-0.05, 0) is 29.2 Å². The summed E-state index contributed by atoms with van der Waals surface area (Å²) in [4.78, 5) is 17.4. The SMILES string of the molecule is CC(C)c1ccc(OCC(=O)Nc2ncc(Cc3ccccc3)s2)cc1. The first-order valence-electron chi connectivity index (χ1n) is 8.61. The molecule has 26 heavy (non-hydrogen) atoms. The number of aromatic nitrogens is 1. The van der Waals surface area contributed by atoms with Crippen molar-refractivity contribution in [1.29, 1.82) is 0 Å². The van der Waals surface area contributed by atoms with Gasteiger partial charge in [-0.1, -0.05) is 56.3 Å². The van der Waals surface area contributed by atoms with Crippen LogP contribution in [0.3, 0.4) is 0 Å². The summed E-state index contributed by atoms with van der Waals surface area (Å²) in [6, 6.07) is 18.0. The highest BCUT2D eigenvalue weighted by molar-refractivity contribution is 7.15. The second-order valence-corrected chi connectivity index (χ2v) is 7.47. The van der Waals surface area contributed by atoms with Crippen molar-refractivity contribution in [3.63, 3.8) is 0 Å². The van der Waals surface area contributed by atoms with Crippen LogP contribution in [-0.4, -0.2) is 17.5 Å². The van der Waals surface area contributed by atoms with E-state index in [1.54, 1.807) is 6.20 Å². The van der Waals surface area contributed by atoms with Crippen molar-refractivity contribution in [3.05, 3.63) is 76.8 Å². The number of hydrogen-bond acceptors (Lipinski definition) is 4. The van der Waals surface area contributed by atoms with E-state index in [1.165, 1.54) is 22.5 Å². The van der Waals surface area contributed by atoms with Gasteiger partial charge in [-0.15, -0.1) is 11.3 Å². The van der Waals surface area contributed by atoms with Crippen LogP contribution in [0.25, 0.3) is 0 Å². The second kappa shape index (κ2) is 8.63. The molecule has 0 aliphatic carbocycles. The molecular weight excluding hydrogens is 344 g/mol. The fourth-order valence-electron chi connectivity index (χ4n) is 2.50. The highest BCUT2D eigenvalue weighted by Crippen LogP contribution is 2.21. The van der Waals surface area contributed by atoms with Gasteiger partial charge >= 0.3 is 0 Å². The summed E-state index contributed by atoms with van der Waals surface area (Å²) in [7, 11) is 0. The summed E-state index contributed by atoms with van der Waals surface area (Å²) in [5.74, 6) is 0.953. The van der Waals surface area contributed by atoms with E-state index < -0.39 is 0 Å². The van der Waals surface area contributed by atoms with Gasteiger partial charge in [0.05, 0.1) is 0 Å². The zero-order valence-corrected chi connectivity index (χ0v) is 15.8. The number of nitrogens with zero attached hydrogens (tertiary/aromatic N) is 1. The molecule has 0 aliphatic rings. The number of anilines is 1. The molecule has 5 heteroatoms. The number of hydrogen-bond donors (Lipinski definition) is 1. The van der Waals surface area contributed by atoms with E-state index in [9.17, 15) is 4.79 Å². The minimum absolute atomic E-state index is 0.0331. The van der Waals surface area contributed by atoms with Gasteiger partial charge in [0.2, 0.25) is 0 Å². The molecule has 3 aromatic rings. The molecule has 1 heterocycles. The zero-order valence-electron chi connectivity index (χ0n) is 14.9. The lowest BCUT2D eigenvalue weighted by molar-refractivity contribution is -0.118. The number of ether oxygens (including phenoxy) is 1. The fraction of sp³-hybridized carbons (Fsp3) is 0.238. The Morgan fingerprint density at radius 3 is 2.54 bits per heavy atom. The van der Waals surface area contributed by atoms with Crippen molar-refractivity contribution in [3.8, 4) is 5.75 Å². The van der Waals surface area contributed by atoms with Crippen LogP contribution in [0.4, 0.5) is 5.13 Å². The average Bonchev–Trinajstić information content (AvgIpc) is 3.08. The molecule has 0 atom stereocenters. The smallest absolute Gasteiger partial charge is 0.264 e. The molecule has 0 bridgehead atoms. The van der Waals surface area contributed by atoms with Gasteiger partial charge in [-0.3, -0.25) is 10.1 Å². The van der Waals surface area contributed by atoms with Gasteiger partial charge in [-0.25, -0.2) is 4.98 Å². The molecule has 0 radical (unpaired) electrons. The molecule has 1 N–H and O–H groups in total. The highest BCUT2D eigenvalue weighted by Gasteiger charge is 2.08. The Labute approximate surface area is 157 Å². The Balaban J connectivity index is 1.49. The Bertz CT molecular complexity index is 842. The van der Waals surface area contributed by atoms with Crippen molar-refractivity contribution in [2.24, 2.45) is 0 Å². The summed E-state index contributed by atoms with van der Waals surface area (Å²) in [5.41, 5.74) is 2.47. The molecule has 0 fully saturated rings. The molecular formula is C21H22N2O2S. The van der Waals surface area contributed by atoms with E-state index >= 15 is 0 Å². The lowest BCUT2D eigenvalue weighted by Gasteiger charge is -2.08. The number of carbonyl (C=O) groups is 1. The molecule has 1 aromatic heterocycles. The molecule has 0 spiro atoms. The number of amides is 1. The molecule has 2 aromatic carbocycles. The van der Waals surface area contributed by atoms with Crippen LogP contribution in [0, 0.1) is 0 Å². The Morgan fingerprint density at radius 2 is 1.85 bits per heavy atom. The largest absolute Gasteiger partial charge is 0.484 e. The van der Waals surface area contributed by atoms with Crippen LogP contribution in [-0.2, 0) is 11.2 Å². The number of rotatable bonds is 7. The Hall–Kier alpha value is -2.66. The normalized spacial score (nSPS) is 10.7. The standard InChI is InChI=1S/C21H22N2O2S/c1-15(2)17-8-10-18(11-9-17)25-14-20(24)23-21-22-13-19(26-21)12-16-6-4-3-5-7-16/h3-11,13,15H,12,14H2,1-2H3,(H,22,23,24). The van der Waals surface area contributed by atoms with E-state index in [0.29, 0.717) is 16.8 Å². The average molecular weight is 366 g/mol. The summed E-state index contributed by atoms with van der Waals surface area (Å²) >= 11 is 1.48. The van der Waals surface area contributed by atoms with Crippen LogP contribution in [0.1, 0.15) is 35.8 Å². The van der Waals surface area contributed by atoms with Gasteiger partial charge in [0.15, 0.2) is 11.7 Å². The molecule has 3 rings (SSSR count). The number of carbonyl (C=O) groups excluding carboxylic acids is 1. The molecule has 0 saturated heterocycles. The van der Waals surface area contributed by atoms with Gasteiger partial charge in [0.1, 0.15) is 5.75 Å². The van der Waals surface area contributed by atoms with Crippen molar-refractivity contribution >= 4 is 22.4 Å². The van der Waals surface area contributed by atoms with Crippen LogP contribution in [0.5, 0.6) is 5.75 Å². The van der Waals surface area contributed by atoms with Crippen LogP contribution < -0.4 is 10.1 Å². The summed E-state index contributed by atoms with van der Waals surface area (Å²) in [6.07, 6.45) is 2.62. The summed E-state index contributed by atoms with van der Waals surface area (Å²) < 4.78 is 5.54. The van der Waals surface area contributed by atoms with E-state index in [0.717, 1.165) is 11.3 Å². The molecule has 1 amide bonds. The lowest BCUT2D eigenvalue weighted by atomic mass is 10.0. The number of nitrogens with one attached hydrogen (secondary N) is 1. The van der Waals surface area contributed by atoms with Crippen molar-refractivity contribution in [2.45, 2.75) is 26.2 Å². The van der Waals surface area contributed by atoms with Gasteiger partial charge < -0.3 is 4.74 Å². The van der Waals surface area contributed by atoms with Crippen molar-refractivity contribution in [1.82, 2.24) is 4.98 Å². The van der Waals surface area contributed by atoms with Crippen LogP contribution in [0.15, 0.2) is 60.8 Å². The minimum atomic E-state index is -0.210. The fourth-order valence-corrected chi connectivity index (χ4v) is 3.36. The summed E-state index contributed by atoms with van der Waals surface area (Å²) in [5, 5.41) is 3.39. The molecule has 0 unspecified atom stereocenters. The van der Waals surface area contributed by atoms with E-state index in [-0.39, 0.29) is 12.5 Å². The Kier molecular flexibility index (Phi) is 6.02. The van der Waals surface area contributed by atoms with Gasteiger partial charge in [0, 0.05) is 17.5 Å². The van der Waals surface area contributed by atoms with Crippen LogP contribution in [0.2, 0.25) is 0 Å². The lowest BCUT2D eigenvalue weighted by Crippen LogP contribution is -2.19. The molecule has 134 valence electrons. The molecule has 4 nitrogen and oxygen atoms in total. The highest BCUT2D eigenvalue weighted by atomic mass is 32.1. The van der Waals surface area contributed by atoms with Crippen LogP contribution >= 0.6 is 11.3 Å². The van der Waals surface area contributed by atoms with Gasteiger partial charge in [-0.2, -0.15) is 0 Å². The van der Waals surface area contributed by atoms with E-state index in [2.05, 4.69) is 36.3 Å². The minimum Gasteiger partial charge on any atom is -0.484 e. The third-order valence-electron chi connectivity index (χ3n) is 3.94. The maximum absolute atomic E-state index is 12.1. The molecule has 0 saturated carbocycles. The maximum Gasteiger partial charge on any atom is 0.264 e.